The number of nitriles is 1. The summed E-state index contributed by atoms with van der Waals surface area (Å²) in [5.74, 6) is 1.26. The Kier molecular flexibility index (Phi) is 4.33. The Morgan fingerprint density at radius 3 is 2.92 bits per heavy atom. The summed E-state index contributed by atoms with van der Waals surface area (Å²) in [5.41, 5.74) is 0.816. The lowest BCUT2D eigenvalue weighted by atomic mass is 9.92. The molecule has 0 bridgehead atoms. The van der Waals surface area contributed by atoms with E-state index in [1.54, 1.807) is 25.4 Å². The summed E-state index contributed by atoms with van der Waals surface area (Å²) >= 11 is 0. The summed E-state index contributed by atoms with van der Waals surface area (Å²) in [5, 5.41) is 9.38. The van der Waals surface area contributed by atoms with Gasteiger partial charge in [-0.05, 0) is 30.9 Å². The molecule has 4 rings (SSSR count). The Morgan fingerprint density at radius 1 is 1.27 bits per heavy atom. The van der Waals surface area contributed by atoms with Gasteiger partial charge in [0.1, 0.15) is 17.4 Å². The molecule has 1 aromatic heterocycles. The van der Waals surface area contributed by atoms with Crippen LogP contribution in [0.5, 0.6) is 5.88 Å². The summed E-state index contributed by atoms with van der Waals surface area (Å²) in [6.07, 6.45) is 3.78. The lowest BCUT2D eigenvalue weighted by Gasteiger charge is -2.39. The minimum absolute atomic E-state index is 0.128. The molecule has 1 aromatic carbocycles. The van der Waals surface area contributed by atoms with Crippen LogP contribution >= 0.6 is 0 Å². The van der Waals surface area contributed by atoms with Gasteiger partial charge in [0, 0.05) is 37.9 Å². The van der Waals surface area contributed by atoms with Crippen molar-refractivity contribution in [3.63, 3.8) is 0 Å². The van der Waals surface area contributed by atoms with Crippen LogP contribution in [0.15, 0.2) is 30.5 Å². The van der Waals surface area contributed by atoms with E-state index in [-0.39, 0.29) is 11.6 Å². The molecule has 2 saturated heterocycles. The SMILES string of the molecule is COc1ccnc(N2CCC3CCN(c4cccc(F)c4C#N)C3C2)n1. The number of rotatable bonds is 3. The third-order valence-electron chi connectivity index (χ3n) is 5.38. The van der Waals surface area contributed by atoms with Gasteiger partial charge < -0.3 is 14.5 Å². The topological polar surface area (TPSA) is 65.3 Å². The van der Waals surface area contributed by atoms with Crippen LogP contribution in [0, 0.1) is 23.1 Å². The first-order valence-electron chi connectivity index (χ1n) is 8.78. The maximum atomic E-state index is 14.1. The monoisotopic (exact) mass is 353 g/mol. The average Bonchev–Trinajstić information content (AvgIpc) is 3.11. The zero-order chi connectivity index (χ0) is 18.1. The third-order valence-corrected chi connectivity index (χ3v) is 5.38. The minimum atomic E-state index is -0.461. The van der Waals surface area contributed by atoms with Crippen molar-refractivity contribution in [3.05, 3.63) is 41.8 Å². The number of ether oxygens (including phenoxy) is 1. The molecule has 0 N–H and O–H groups in total. The van der Waals surface area contributed by atoms with E-state index in [0.717, 1.165) is 32.5 Å². The van der Waals surface area contributed by atoms with Crippen LogP contribution in [0.25, 0.3) is 0 Å². The molecule has 2 fully saturated rings. The zero-order valence-corrected chi connectivity index (χ0v) is 14.6. The highest BCUT2D eigenvalue weighted by molar-refractivity contribution is 5.61. The quantitative estimate of drug-likeness (QED) is 0.845. The fourth-order valence-corrected chi connectivity index (χ4v) is 4.08. The Balaban J connectivity index is 1.62. The fraction of sp³-hybridized carbons (Fsp3) is 0.421. The number of nitrogens with zero attached hydrogens (tertiary/aromatic N) is 5. The number of hydrogen-bond donors (Lipinski definition) is 0. The van der Waals surface area contributed by atoms with Crippen LogP contribution in [-0.4, -0.2) is 42.8 Å². The summed E-state index contributed by atoms with van der Waals surface area (Å²) in [4.78, 5) is 13.1. The van der Waals surface area contributed by atoms with Gasteiger partial charge in [0.2, 0.25) is 11.8 Å². The molecule has 6 nitrogen and oxygen atoms in total. The minimum Gasteiger partial charge on any atom is -0.481 e. The van der Waals surface area contributed by atoms with Crippen LogP contribution in [0.3, 0.4) is 0 Å². The van der Waals surface area contributed by atoms with Crippen LogP contribution < -0.4 is 14.5 Å². The Bertz CT molecular complexity index is 852. The highest BCUT2D eigenvalue weighted by atomic mass is 19.1. The predicted molar refractivity (Wildman–Crippen MR) is 95.8 cm³/mol. The number of aromatic nitrogens is 2. The normalized spacial score (nSPS) is 22.0. The molecule has 2 aliphatic rings. The molecule has 0 radical (unpaired) electrons. The van der Waals surface area contributed by atoms with Crippen LogP contribution in [-0.2, 0) is 0 Å². The number of methoxy groups -OCH3 is 1. The lowest BCUT2D eigenvalue weighted by Crippen LogP contribution is -2.49. The van der Waals surface area contributed by atoms with E-state index >= 15 is 0 Å². The largest absolute Gasteiger partial charge is 0.481 e. The number of hydrogen-bond acceptors (Lipinski definition) is 6. The molecule has 0 amide bonds. The van der Waals surface area contributed by atoms with Gasteiger partial charge in [0.25, 0.3) is 0 Å². The first kappa shape index (κ1) is 16.6. The first-order valence-corrected chi connectivity index (χ1v) is 8.78. The Hall–Kier alpha value is -2.88. The molecule has 2 aromatic rings. The summed E-state index contributed by atoms with van der Waals surface area (Å²) in [6, 6.07) is 8.81. The fourth-order valence-electron chi connectivity index (χ4n) is 4.08. The summed E-state index contributed by atoms with van der Waals surface area (Å²) in [7, 11) is 1.59. The van der Waals surface area contributed by atoms with Crippen molar-refractivity contribution in [3.8, 4) is 11.9 Å². The van der Waals surface area contributed by atoms with Crippen LogP contribution in [0.4, 0.5) is 16.0 Å². The van der Waals surface area contributed by atoms with E-state index in [4.69, 9.17) is 4.74 Å². The van der Waals surface area contributed by atoms with Crippen molar-refractivity contribution in [1.29, 1.82) is 5.26 Å². The van der Waals surface area contributed by atoms with E-state index in [1.807, 2.05) is 12.1 Å². The highest BCUT2D eigenvalue weighted by Gasteiger charge is 2.40. The number of fused-ring (bicyclic) bond motifs is 1. The number of halogens is 1. The van der Waals surface area contributed by atoms with Crippen molar-refractivity contribution in [2.24, 2.45) is 5.92 Å². The molecule has 0 spiro atoms. The number of benzene rings is 1. The van der Waals surface area contributed by atoms with Crippen LogP contribution in [0.1, 0.15) is 18.4 Å². The molecule has 7 heteroatoms. The summed E-state index contributed by atoms with van der Waals surface area (Å²) in [6.45, 7) is 2.47. The average molecular weight is 353 g/mol. The molecular formula is C19H20FN5O. The maximum absolute atomic E-state index is 14.1. The van der Waals surface area contributed by atoms with E-state index in [2.05, 4.69) is 19.8 Å². The molecule has 2 aliphatic heterocycles. The second-order valence-corrected chi connectivity index (χ2v) is 6.69. The number of piperidine rings is 1. The lowest BCUT2D eigenvalue weighted by molar-refractivity contribution is 0.379. The van der Waals surface area contributed by atoms with E-state index in [9.17, 15) is 9.65 Å². The van der Waals surface area contributed by atoms with Gasteiger partial charge in [-0.15, -0.1) is 0 Å². The van der Waals surface area contributed by atoms with Crippen molar-refractivity contribution in [1.82, 2.24) is 9.97 Å². The van der Waals surface area contributed by atoms with Gasteiger partial charge in [0.05, 0.1) is 12.8 Å². The van der Waals surface area contributed by atoms with E-state index in [1.165, 1.54) is 6.07 Å². The van der Waals surface area contributed by atoms with E-state index in [0.29, 0.717) is 23.4 Å². The molecular weight excluding hydrogens is 333 g/mol. The van der Waals surface area contributed by atoms with Crippen LogP contribution in [0.2, 0.25) is 0 Å². The molecule has 26 heavy (non-hydrogen) atoms. The standard InChI is InChI=1S/C19H20FN5O/c1-26-18-5-8-22-19(23-18)24-9-6-13-7-10-25(17(13)12-24)16-4-2-3-15(20)14(16)11-21/h2-5,8,13,17H,6-7,9-10,12H2,1H3. The second-order valence-electron chi connectivity index (χ2n) is 6.69. The predicted octanol–water partition coefficient (Wildman–Crippen LogP) is 2.60. The highest BCUT2D eigenvalue weighted by Crippen LogP contribution is 2.37. The van der Waals surface area contributed by atoms with Crippen molar-refractivity contribution < 1.29 is 9.13 Å². The molecule has 0 saturated carbocycles. The third kappa shape index (κ3) is 2.81. The maximum Gasteiger partial charge on any atom is 0.228 e. The van der Waals surface area contributed by atoms with Crippen molar-refractivity contribution in [2.45, 2.75) is 18.9 Å². The Morgan fingerprint density at radius 2 is 2.12 bits per heavy atom. The van der Waals surface area contributed by atoms with Gasteiger partial charge in [-0.25, -0.2) is 9.37 Å². The van der Waals surface area contributed by atoms with Gasteiger partial charge in [-0.3, -0.25) is 0 Å². The zero-order valence-electron chi connectivity index (χ0n) is 14.6. The van der Waals surface area contributed by atoms with Crippen molar-refractivity contribution in [2.75, 3.05) is 36.5 Å². The smallest absolute Gasteiger partial charge is 0.228 e. The van der Waals surface area contributed by atoms with E-state index < -0.39 is 5.82 Å². The molecule has 3 heterocycles. The molecule has 0 aliphatic carbocycles. The number of anilines is 2. The first-order chi connectivity index (χ1) is 12.7. The van der Waals surface area contributed by atoms with Gasteiger partial charge in [0.15, 0.2) is 0 Å². The summed E-state index contributed by atoms with van der Waals surface area (Å²) < 4.78 is 19.3. The van der Waals surface area contributed by atoms with Gasteiger partial charge in [-0.2, -0.15) is 10.2 Å². The molecule has 134 valence electrons. The van der Waals surface area contributed by atoms with Crippen molar-refractivity contribution >= 4 is 11.6 Å². The second kappa shape index (κ2) is 6.79. The Labute approximate surface area is 151 Å². The van der Waals surface area contributed by atoms with Gasteiger partial charge >= 0.3 is 0 Å². The molecule has 2 atom stereocenters. The van der Waals surface area contributed by atoms with Gasteiger partial charge in [-0.1, -0.05) is 6.07 Å². The molecule has 2 unspecified atom stereocenters.